The summed E-state index contributed by atoms with van der Waals surface area (Å²) < 4.78 is 9.71. The average Bonchev–Trinajstić information content (AvgIpc) is 2.79. The molecule has 0 aliphatic carbocycles. The van der Waals surface area contributed by atoms with E-state index in [-0.39, 0.29) is 17.0 Å². The summed E-state index contributed by atoms with van der Waals surface area (Å²) in [6.07, 6.45) is 2.96. The first-order chi connectivity index (χ1) is 10.0. The fourth-order valence-electron chi connectivity index (χ4n) is 1.88. The zero-order valence-corrected chi connectivity index (χ0v) is 13.5. The Kier molecular flexibility index (Phi) is 7.18. The first kappa shape index (κ1) is 17.5. The molecule has 0 saturated carbocycles. The SMILES string of the molecule is COCCCCCNc1sc(C(C)=O)c(N)c1C(=O)OC. The summed E-state index contributed by atoms with van der Waals surface area (Å²) in [7, 11) is 2.97. The van der Waals surface area contributed by atoms with Gasteiger partial charge in [0.05, 0.1) is 17.7 Å². The topological polar surface area (TPSA) is 90.6 Å². The molecule has 0 aromatic carbocycles. The fraction of sp³-hybridized carbons (Fsp3) is 0.571. The van der Waals surface area contributed by atoms with Crippen molar-refractivity contribution in [2.75, 3.05) is 38.4 Å². The zero-order chi connectivity index (χ0) is 15.8. The van der Waals surface area contributed by atoms with Crippen LogP contribution in [0, 0.1) is 0 Å². The maximum absolute atomic E-state index is 11.8. The highest BCUT2D eigenvalue weighted by Crippen LogP contribution is 2.36. The van der Waals surface area contributed by atoms with Gasteiger partial charge in [-0.15, -0.1) is 11.3 Å². The second-order valence-electron chi connectivity index (χ2n) is 4.58. The Bertz CT molecular complexity index is 499. The van der Waals surface area contributed by atoms with Gasteiger partial charge < -0.3 is 20.5 Å². The number of esters is 1. The van der Waals surface area contributed by atoms with Crippen molar-refractivity contribution in [1.29, 1.82) is 0 Å². The van der Waals surface area contributed by atoms with E-state index in [1.165, 1.54) is 25.4 Å². The van der Waals surface area contributed by atoms with E-state index in [2.05, 4.69) is 5.32 Å². The van der Waals surface area contributed by atoms with E-state index in [9.17, 15) is 9.59 Å². The monoisotopic (exact) mass is 314 g/mol. The van der Waals surface area contributed by atoms with Crippen LogP contribution < -0.4 is 11.1 Å². The summed E-state index contributed by atoms with van der Waals surface area (Å²) in [5.41, 5.74) is 6.33. The molecular weight excluding hydrogens is 292 g/mol. The minimum Gasteiger partial charge on any atom is -0.465 e. The Hall–Kier alpha value is -1.60. The standard InChI is InChI=1S/C14H22N2O4S/c1-9(17)12-11(15)10(14(18)20-3)13(21-12)16-7-5-4-6-8-19-2/h16H,4-8,15H2,1-3H3. The Morgan fingerprint density at radius 2 is 1.95 bits per heavy atom. The highest BCUT2D eigenvalue weighted by Gasteiger charge is 2.24. The second kappa shape index (κ2) is 8.63. The minimum absolute atomic E-state index is 0.157. The van der Waals surface area contributed by atoms with E-state index < -0.39 is 5.97 Å². The molecule has 1 aromatic heterocycles. The molecule has 0 fully saturated rings. The molecule has 0 saturated heterocycles. The van der Waals surface area contributed by atoms with E-state index in [1.807, 2.05) is 0 Å². The third kappa shape index (κ3) is 4.71. The van der Waals surface area contributed by atoms with Crippen molar-refractivity contribution in [3.05, 3.63) is 10.4 Å². The molecule has 0 amide bonds. The summed E-state index contributed by atoms with van der Waals surface area (Å²) in [6.45, 7) is 2.87. The molecule has 0 spiro atoms. The van der Waals surface area contributed by atoms with Gasteiger partial charge in [0.2, 0.25) is 0 Å². The van der Waals surface area contributed by atoms with Crippen molar-refractivity contribution >= 4 is 33.8 Å². The number of ketones is 1. The van der Waals surface area contributed by atoms with Crippen LogP contribution in [0.15, 0.2) is 0 Å². The maximum atomic E-state index is 11.8. The molecule has 6 nitrogen and oxygen atoms in total. The van der Waals surface area contributed by atoms with Crippen molar-refractivity contribution in [1.82, 2.24) is 0 Å². The quantitative estimate of drug-likeness (QED) is 0.413. The minimum atomic E-state index is -0.530. The molecule has 0 atom stereocenters. The lowest BCUT2D eigenvalue weighted by atomic mass is 10.2. The number of hydrogen-bond donors (Lipinski definition) is 2. The van der Waals surface area contributed by atoms with Crippen LogP contribution in [-0.2, 0) is 9.47 Å². The average molecular weight is 314 g/mol. The van der Waals surface area contributed by atoms with Gasteiger partial charge in [-0.25, -0.2) is 4.79 Å². The van der Waals surface area contributed by atoms with Crippen LogP contribution in [0.5, 0.6) is 0 Å². The van der Waals surface area contributed by atoms with Crippen molar-refractivity contribution < 1.29 is 19.1 Å². The van der Waals surface area contributed by atoms with Gasteiger partial charge >= 0.3 is 5.97 Å². The first-order valence-corrected chi connectivity index (χ1v) is 7.58. The number of hydrogen-bond acceptors (Lipinski definition) is 7. The van der Waals surface area contributed by atoms with Crippen molar-refractivity contribution in [2.24, 2.45) is 0 Å². The Labute approximate surface area is 128 Å². The van der Waals surface area contributed by atoms with E-state index in [0.29, 0.717) is 16.4 Å². The van der Waals surface area contributed by atoms with Gasteiger partial charge in [0, 0.05) is 27.2 Å². The molecule has 0 unspecified atom stereocenters. The number of methoxy groups -OCH3 is 2. The number of nitrogens with one attached hydrogen (secondary N) is 1. The molecule has 7 heteroatoms. The normalized spacial score (nSPS) is 10.4. The van der Waals surface area contributed by atoms with Gasteiger partial charge in [0.1, 0.15) is 10.6 Å². The lowest BCUT2D eigenvalue weighted by Gasteiger charge is -2.06. The predicted octanol–water partition coefficient (Wildman–Crippen LogP) is 2.55. The summed E-state index contributed by atoms with van der Waals surface area (Å²) in [5, 5.41) is 3.76. The smallest absolute Gasteiger partial charge is 0.343 e. The van der Waals surface area contributed by atoms with E-state index in [0.717, 1.165) is 25.9 Å². The maximum Gasteiger partial charge on any atom is 0.343 e. The second-order valence-corrected chi connectivity index (χ2v) is 5.60. The molecule has 21 heavy (non-hydrogen) atoms. The Balaban J connectivity index is 2.74. The third-order valence-electron chi connectivity index (χ3n) is 2.97. The van der Waals surface area contributed by atoms with Crippen LogP contribution in [0.3, 0.4) is 0 Å². The molecular formula is C14H22N2O4S. The number of carbonyl (C=O) groups is 2. The number of Topliss-reactive ketones (excluding diaryl/α,β-unsaturated/α-hetero) is 1. The van der Waals surface area contributed by atoms with Gasteiger partial charge in [-0.2, -0.15) is 0 Å². The van der Waals surface area contributed by atoms with Crippen LogP contribution in [-0.4, -0.2) is 39.1 Å². The predicted molar refractivity (Wildman–Crippen MR) is 84.3 cm³/mol. The van der Waals surface area contributed by atoms with Crippen LogP contribution in [0.25, 0.3) is 0 Å². The zero-order valence-electron chi connectivity index (χ0n) is 12.7. The number of nitrogens with two attached hydrogens (primary N) is 1. The van der Waals surface area contributed by atoms with Crippen LogP contribution in [0.1, 0.15) is 46.2 Å². The molecule has 0 radical (unpaired) electrons. The van der Waals surface area contributed by atoms with Gasteiger partial charge in [-0.05, 0) is 19.3 Å². The highest BCUT2D eigenvalue weighted by molar-refractivity contribution is 7.19. The molecule has 1 rings (SSSR count). The first-order valence-electron chi connectivity index (χ1n) is 6.77. The van der Waals surface area contributed by atoms with Gasteiger partial charge in [-0.1, -0.05) is 0 Å². The van der Waals surface area contributed by atoms with E-state index in [1.54, 1.807) is 7.11 Å². The lowest BCUT2D eigenvalue weighted by Crippen LogP contribution is -2.09. The fourth-order valence-corrected chi connectivity index (χ4v) is 2.91. The molecule has 1 aromatic rings. The summed E-state index contributed by atoms with van der Waals surface area (Å²) in [6, 6.07) is 0. The number of thiophene rings is 1. The molecule has 0 bridgehead atoms. The number of carbonyl (C=O) groups excluding carboxylic acids is 2. The van der Waals surface area contributed by atoms with Gasteiger partial charge in [0.25, 0.3) is 0 Å². The van der Waals surface area contributed by atoms with E-state index in [4.69, 9.17) is 15.2 Å². The molecule has 0 aliphatic rings. The Morgan fingerprint density at radius 3 is 2.52 bits per heavy atom. The van der Waals surface area contributed by atoms with Crippen LogP contribution >= 0.6 is 11.3 Å². The van der Waals surface area contributed by atoms with Crippen molar-refractivity contribution in [2.45, 2.75) is 26.2 Å². The molecule has 1 heterocycles. The highest BCUT2D eigenvalue weighted by atomic mass is 32.1. The number of nitrogen functional groups attached to an aromatic ring is 1. The Morgan fingerprint density at radius 1 is 1.24 bits per heavy atom. The van der Waals surface area contributed by atoms with Crippen LogP contribution in [0.4, 0.5) is 10.7 Å². The molecule has 118 valence electrons. The van der Waals surface area contributed by atoms with Gasteiger partial charge in [-0.3, -0.25) is 4.79 Å². The third-order valence-corrected chi connectivity index (χ3v) is 4.23. The molecule has 3 N–H and O–H groups in total. The number of anilines is 2. The van der Waals surface area contributed by atoms with Crippen molar-refractivity contribution in [3.63, 3.8) is 0 Å². The number of ether oxygens (including phenoxy) is 2. The summed E-state index contributed by atoms with van der Waals surface area (Å²) in [4.78, 5) is 23.7. The summed E-state index contributed by atoms with van der Waals surface area (Å²) in [5.74, 6) is -0.686. The number of rotatable bonds is 9. The number of unbranched alkanes of at least 4 members (excludes halogenated alkanes) is 2. The van der Waals surface area contributed by atoms with Crippen LogP contribution in [0.2, 0.25) is 0 Å². The molecule has 0 aliphatic heterocycles. The van der Waals surface area contributed by atoms with Crippen molar-refractivity contribution in [3.8, 4) is 0 Å². The van der Waals surface area contributed by atoms with Gasteiger partial charge in [0.15, 0.2) is 5.78 Å². The largest absolute Gasteiger partial charge is 0.465 e. The summed E-state index contributed by atoms with van der Waals surface area (Å²) >= 11 is 1.20. The van der Waals surface area contributed by atoms with E-state index >= 15 is 0 Å². The lowest BCUT2D eigenvalue weighted by molar-refractivity contribution is 0.0603.